The number of carbonyl (C=O) groups excluding carboxylic acids is 1. The summed E-state index contributed by atoms with van der Waals surface area (Å²) in [4.78, 5) is 12.7. The summed E-state index contributed by atoms with van der Waals surface area (Å²) >= 11 is 0. The van der Waals surface area contributed by atoms with Crippen molar-refractivity contribution >= 4 is 5.78 Å². The summed E-state index contributed by atoms with van der Waals surface area (Å²) in [6.45, 7) is 2.21. The zero-order chi connectivity index (χ0) is 17.2. The van der Waals surface area contributed by atoms with Crippen molar-refractivity contribution < 1.29 is 9.90 Å². The van der Waals surface area contributed by atoms with E-state index in [-0.39, 0.29) is 5.78 Å². The molecule has 0 aromatic heterocycles. The number of benzene rings is 2. The molecule has 1 unspecified atom stereocenters. The van der Waals surface area contributed by atoms with Crippen molar-refractivity contribution in [1.82, 2.24) is 0 Å². The van der Waals surface area contributed by atoms with E-state index < -0.39 is 6.10 Å². The van der Waals surface area contributed by atoms with Gasteiger partial charge in [0.2, 0.25) is 0 Å². The maximum atomic E-state index is 12.7. The van der Waals surface area contributed by atoms with Crippen molar-refractivity contribution in [3.05, 3.63) is 71.3 Å². The maximum absolute atomic E-state index is 12.7. The van der Waals surface area contributed by atoms with Gasteiger partial charge in [0, 0.05) is 11.1 Å². The van der Waals surface area contributed by atoms with Gasteiger partial charge in [0.15, 0.2) is 5.78 Å². The van der Waals surface area contributed by atoms with Gasteiger partial charge in [-0.2, -0.15) is 0 Å². The third-order valence-electron chi connectivity index (χ3n) is 4.43. The van der Waals surface area contributed by atoms with Crippen LogP contribution in [-0.2, 0) is 0 Å². The Morgan fingerprint density at radius 1 is 0.875 bits per heavy atom. The monoisotopic (exact) mass is 324 g/mol. The number of ketones is 1. The lowest BCUT2D eigenvalue weighted by Crippen LogP contribution is -2.09. The molecule has 0 radical (unpaired) electrons. The van der Waals surface area contributed by atoms with Crippen LogP contribution in [0.4, 0.5) is 0 Å². The molecular formula is C22H28O2. The van der Waals surface area contributed by atoms with Crippen LogP contribution < -0.4 is 0 Å². The minimum absolute atomic E-state index is 0.0202. The SMILES string of the molecule is CCCCCCCCC(O)c1ccccc1C(=O)c1ccccc1. The van der Waals surface area contributed by atoms with Crippen LogP contribution in [0.2, 0.25) is 0 Å². The molecule has 24 heavy (non-hydrogen) atoms. The van der Waals surface area contributed by atoms with Gasteiger partial charge < -0.3 is 5.11 Å². The van der Waals surface area contributed by atoms with Gasteiger partial charge in [0.05, 0.1) is 6.10 Å². The van der Waals surface area contributed by atoms with Crippen molar-refractivity contribution in [2.45, 2.75) is 58.0 Å². The second kappa shape index (κ2) is 10.0. The second-order valence-corrected chi connectivity index (χ2v) is 6.35. The lowest BCUT2D eigenvalue weighted by Gasteiger charge is -2.15. The molecule has 0 aliphatic carbocycles. The molecule has 0 saturated heterocycles. The molecule has 0 spiro atoms. The van der Waals surface area contributed by atoms with Gasteiger partial charge in [-0.3, -0.25) is 4.79 Å². The highest BCUT2D eigenvalue weighted by Gasteiger charge is 2.17. The Kier molecular flexibility index (Phi) is 7.70. The van der Waals surface area contributed by atoms with Crippen LogP contribution in [0, 0.1) is 0 Å². The van der Waals surface area contributed by atoms with Gasteiger partial charge in [-0.15, -0.1) is 0 Å². The number of aliphatic hydroxyl groups is 1. The fourth-order valence-electron chi connectivity index (χ4n) is 3.01. The van der Waals surface area contributed by atoms with E-state index in [4.69, 9.17) is 0 Å². The highest BCUT2D eigenvalue weighted by molar-refractivity contribution is 6.09. The Bertz CT molecular complexity index is 619. The molecule has 1 atom stereocenters. The van der Waals surface area contributed by atoms with E-state index in [2.05, 4.69) is 6.92 Å². The molecule has 2 aromatic rings. The molecule has 0 aliphatic heterocycles. The molecule has 2 nitrogen and oxygen atoms in total. The molecule has 1 N–H and O–H groups in total. The summed E-state index contributed by atoms with van der Waals surface area (Å²) in [5, 5.41) is 10.5. The van der Waals surface area contributed by atoms with Crippen LogP contribution in [0.25, 0.3) is 0 Å². The Balaban J connectivity index is 1.99. The summed E-state index contributed by atoms with van der Waals surface area (Å²) in [7, 11) is 0. The van der Waals surface area contributed by atoms with Crippen LogP contribution in [0.1, 0.15) is 79.5 Å². The quantitative estimate of drug-likeness (QED) is 0.449. The average Bonchev–Trinajstić information content (AvgIpc) is 2.64. The second-order valence-electron chi connectivity index (χ2n) is 6.35. The molecule has 2 aromatic carbocycles. The van der Waals surface area contributed by atoms with Crippen LogP contribution in [-0.4, -0.2) is 10.9 Å². The van der Waals surface area contributed by atoms with Crippen molar-refractivity contribution in [2.75, 3.05) is 0 Å². The normalized spacial score (nSPS) is 12.1. The molecule has 2 heteroatoms. The molecule has 0 saturated carbocycles. The average molecular weight is 324 g/mol. The number of aliphatic hydroxyl groups excluding tert-OH is 1. The molecule has 0 amide bonds. The van der Waals surface area contributed by atoms with Crippen molar-refractivity contribution in [1.29, 1.82) is 0 Å². The maximum Gasteiger partial charge on any atom is 0.193 e. The highest BCUT2D eigenvalue weighted by atomic mass is 16.3. The summed E-state index contributed by atoms with van der Waals surface area (Å²) < 4.78 is 0. The van der Waals surface area contributed by atoms with Gasteiger partial charge in [0.1, 0.15) is 0 Å². The summed E-state index contributed by atoms with van der Waals surface area (Å²) in [5.41, 5.74) is 2.03. The van der Waals surface area contributed by atoms with Gasteiger partial charge in [-0.05, 0) is 12.0 Å². The van der Waals surface area contributed by atoms with E-state index in [0.29, 0.717) is 17.5 Å². The minimum atomic E-state index is -0.569. The number of hydrogen-bond donors (Lipinski definition) is 1. The first-order chi connectivity index (χ1) is 11.7. The first kappa shape index (κ1) is 18.4. The van der Waals surface area contributed by atoms with Gasteiger partial charge in [-0.25, -0.2) is 0 Å². The van der Waals surface area contributed by atoms with Crippen molar-refractivity contribution in [2.24, 2.45) is 0 Å². The van der Waals surface area contributed by atoms with Crippen molar-refractivity contribution in [3.8, 4) is 0 Å². The van der Waals surface area contributed by atoms with Gasteiger partial charge in [0.25, 0.3) is 0 Å². The zero-order valence-corrected chi connectivity index (χ0v) is 14.6. The molecule has 128 valence electrons. The fraction of sp³-hybridized carbons (Fsp3) is 0.409. The van der Waals surface area contributed by atoms with Crippen molar-refractivity contribution in [3.63, 3.8) is 0 Å². The largest absolute Gasteiger partial charge is 0.388 e. The van der Waals surface area contributed by atoms with E-state index in [1.807, 2.05) is 54.6 Å². The third-order valence-corrected chi connectivity index (χ3v) is 4.43. The molecule has 0 heterocycles. The number of rotatable bonds is 10. The van der Waals surface area contributed by atoms with E-state index in [0.717, 1.165) is 18.4 Å². The third kappa shape index (κ3) is 5.31. The standard InChI is InChI=1S/C22H28O2/c1-2-3-4-5-6-10-17-21(23)19-15-11-12-16-20(19)22(24)18-13-8-7-9-14-18/h7-9,11-16,21,23H,2-6,10,17H2,1H3. The van der Waals surface area contributed by atoms with E-state index in [1.54, 1.807) is 0 Å². The van der Waals surface area contributed by atoms with E-state index >= 15 is 0 Å². The summed E-state index contributed by atoms with van der Waals surface area (Å²) in [5.74, 6) is -0.0202. The molecule has 0 aliphatic rings. The molecule has 0 bridgehead atoms. The van der Waals surface area contributed by atoms with E-state index in [1.165, 1.54) is 25.7 Å². The fourth-order valence-corrected chi connectivity index (χ4v) is 3.01. The molecule has 0 fully saturated rings. The predicted octanol–water partition coefficient (Wildman–Crippen LogP) is 5.70. The number of unbranched alkanes of at least 4 members (excludes halogenated alkanes) is 5. The Hall–Kier alpha value is -1.93. The Morgan fingerprint density at radius 2 is 1.50 bits per heavy atom. The topological polar surface area (TPSA) is 37.3 Å². The predicted molar refractivity (Wildman–Crippen MR) is 99.3 cm³/mol. The summed E-state index contributed by atoms with van der Waals surface area (Å²) in [6.07, 6.45) is 7.32. The first-order valence-electron chi connectivity index (χ1n) is 9.10. The zero-order valence-electron chi connectivity index (χ0n) is 14.6. The Morgan fingerprint density at radius 3 is 2.25 bits per heavy atom. The van der Waals surface area contributed by atoms with Crippen LogP contribution in [0.5, 0.6) is 0 Å². The first-order valence-corrected chi connectivity index (χ1v) is 9.10. The Labute approximate surface area is 145 Å². The minimum Gasteiger partial charge on any atom is -0.388 e. The smallest absolute Gasteiger partial charge is 0.193 e. The molecule has 2 rings (SSSR count). The summed E-state index contributed by atoms with van der Waals surface area (Å²) in [6, 6.07) is 16.7. The molecular weight excluding hydrogens is 296 g/mol. The lowest BCUT2D eigenvalue weighted by molar-refractivity contribution is 0.102. The van der Waals surface area contributed by atoms with Gasteiger partial charge >= 0.3 is 0 Å². The highest BCUT2D eigenvalue weighted by Crippen LogP contribution is 2.25. The van der Waals surface area contributed by atoms with E-state index in [9.17, 15) is 9.90 Å². The lowest BCUT2D eigenvalue weighted by atomic mass is 9.93. The van der Waals surface area contributed by atoms with Gasteiger partial charge in [-0.1, -0.05) is 100 Å². The van der Waals surface area contributed by atoms with Crippen LogP contribution >= 0.6 is 0 Å². The number of hydrogen-bond acceptors (Lipinski definition) is 2. The number of carbonyl (C=O) groups is 1. The van der Waals surface area contributed by atoms with Crippen LogP contribution in [0.3, 0.4) is 0 Å². The van der Waals surface area contributed by atoms with Crippen LogP contribution in [0.15, 0.2) is 54.6 Å².